The molecular formula is C19H25FN2O3. The molecule has 25 heavy (non-hydrogen) atoms. The van der Waals surface area contributed by atoms with Crippen molar-refractivity contribution in [2.24, 2.45) is 5.92 Å². The number of hydrogen-bond donors (Lipinski definition) is 0. The number of ether oxygens (including phenoxy) is 1. The Morgan fingerprint density at radius 3 is 2.48 bits per heavy atom. The van der Waals surface area contributed by atoms with Crippen LogP contribution in [-0.4, -0.2) is 54.4 Å². The van der Waals surface area contributed by atoms with Crippen molar-refractivity contribution >= 4 is 11.8 Å². The Balaban J connectivity index is 1.62. The van der Waals surface area contributed by atoms with Crippen molar-refractivity contribution in [1.82, 2.24) is 9.80 Å². The van der Waals surface area contributed by atoms with Gasteiger partial charge < -0.3 is 14.5 Å². The van der Waals surface area contributed by atoms with Crippen molar-refractivity contribution in [2.75, 3.05) is 32.8 Å². The highest BCUT2D eigenvalue weighted by Crippen LogP contribution is 2.28. The summed E-state index contributed by atoms with van der Waals surface area (Å²) >= 11 is 0. The van der Waals surface area contributed by atoms with E-state index in [0.717, 1.165) is 25.7 Å². The molecule has 0 bridgehead atoms. The van der Waals surface area contributed by atoms with Crippen LogP contribution in [0.4, 0.5) is 4.39 Å². The summed E-state index contributed by atoms with van der Waals surface area (Å²) in [6, 6.07) is 4.32. The van der Waals surface area contributed by atoms with E-state index in [4.69, 9.17) is 4.74 Å². The molecular weight excluding hydrogens is 323 g/mol. The van der Waals surface area contributed by atoms with Crippen LogP contribution in [0.15, 0.2) is 18.2 Å². The summed E-state index contributed by atoms with van der Waals surface area (Å²) in [5.41, 5.74) is 0.319. The van der Waals surface area contributed by atoms with E-state index in [9.17, 15) is 14.0 Å². The number of halogens is 1. The van der Waals surface area contributed by atoms with E-state index in [1.807, 2.05) is 4.90 Å². The van der Waals surface area contributed by atoms with Crippen molar-refractivity contribution in [3.8, 4) is 5.75 Å². The highest BCUT2D eigenvalue weighted by atomic mass is 19.1. The van der Waals surface area contributed by atoms with E-state index < -0.39 is 5.82 Å². The minimum absolute atomic E-state index is 0.159. The number of nitrogens with zero attached hydrogens (tertiary/aromatic N) is 2. The quantitative estimate of drug-likeness (QED) is 0.841. The lowest BCUT2D eigenvalue weighted by atomic mass is 9.84. The summed E-state index contributed by atoms with van der Waals surface area (Å²) < 4.78 is 19.2. The van der Waals surface area contributed by atoms with Crippen LogP contribution in [0, 0.1) is 11.7 Å². The van der Waals surface area contributed by atoms with Crippen LogP contribution in [-0.2, 0) is 4.79 Å². The van der Waals surface area contributed by atoms with Crippen molar-refractivity contribution in [3.05, 3.63) is 29.6 Å². The molecule has 3 rings (SSSR count). The van der Waals surface area contributed by atoms with Gasteiger partial charge in [0.25, 0.3) is 5.91 Å². The van der Waals surface area contributed by atoms with E-state index in [0.29, 0.717) is 38.3 Å². The molecule has 6 heteroatoms. The van der Waals surface area contributed by atoms with E-state index in [1.165, 1.54) is 12.1 Å². The zero-order valence-corrected chi connectivity index (χ0v) is 14.7. The van der Waals surface area contributed by atoms with Gasteiger partial charge in [0.1, 0.15) is 0 Å². The molecule has 2 aliphatic rings. The zero-order chi connectivity index (χ0) is 17.8. The van der Waals surface area contributed by atoms with Crippen molar-refractivity contribution in [2.45, 2.75) is 32.6 Å². The molecule has 0 aromatic heterocycles. The number of amides is 2. The summed E-state index contributed by atoms with van der Waals surface area (Å²) in [6.45, 7) is 4.49. The van der Waals surface area contributed by atoms with Crippen LogP contribution < -0.4 is 4.74 Å². The number of carbonyl (C=O) groups excluding carboxylic acids is 2. The monoisotopic (exact) mass is 348 g/mol. The smallest absolute Gasteiger partial charge is 0.254 e. The van der Waals surface area contributed by atoms with Crippen LogP contribution in [0.3, 0.4) is 0 Å². The van der Waals surface area contributed by atoms with Gasteiger partial charge in [-0.05, 0) is 44.4 Å². The Bertz CT molecular complexity index is 646. The molecule has 1 heterocycles. The molecule has 5 nitrogen and oxygen atoms in total. The number of rotatable bonds is 4. The van der Waals surface area contributed by atoms with Gasteiger partial charge in [0.2, 0.25) is 5.91 Å². The first-order chi connectivity index (χ1) is 12.1. The average Bonchev–Trinajstić information content (AvgIpc) is 2.80. The fourth-order valence-corrected chi connectivity index (χ4v) is 3.34. The van der Waals surface area contributed by atoms with Gasteiger partial charge in [-0.25, -0.2) is 4.39 Å². The van der Waals surface area contributed by atoms with Crippen molar-refractivity contribution in [1.29, 1.82) is 0 Å². The van der Waals surface area contributed by atoms with Crippen molar-refractivity contribution in [3.63, 3.8) is 0 Å². The van der Waals surface area contributed by atoms with E-state index >= 15 is 0 Å². The fourth-order valence-electron chi connectivity index (χ4n) is 3.34. The van der Waals surface area contributed by atoms with Crippen LogP contribution >= 0.6 is 0 Å². The standard InChI is InChI=1S/C19H25FN2O3/c1-2-25-17-8-7-15(13-16(17)20)19(24)22-10-4-9-21(11-12-22)18(23)14-5-3-6-14/h7-8,13-14H,2-6,9-12H2,1H3. The van der Waals surface area contributed by atoms with Crippen LogP contribution in [0.2, 0.25) is 0 Å². The second-order valence-corrected chi connectivity index (χ2v) is 6.68. The van der Waals surface area contributed by atoms with Crippen LogP contribution in [0.1, 0.15) is 43.0 Å². The molecule has 2 fully saturated rings. The predicted octanol–water partition coefficient (Wildman–Crippen LogP) is 2.70. The summed E-state index contributed by atoms with van der Waals surface area (Å²) in [5, 5.41) is 0. The molecule has 0 atom stereocenters. The van der Waals surface area contributed by atoms with Gasteiger partial charge in [-0.3, -0.25) is 9.59 Å². The molecule has 1 saturated heterocycles. The molecule has 1 aromatic rings. The molecule has 136 valence electrons. The van der Waals surface area contributed by atoms with Crippen LogP contribution in [0.5, 0.6) is 5.75 Å². The summed E-state index contributed by atoms with van der Waals surface area (Å²) in [4.78, 5) is 28.6. The maximum absolute atomic E-state index is 14.0. The minimum Gasteiger partial charge on any atom is -0.491 e. The Morgan fingerprint density at radius 1 is 1.12 bits per heavy atom. The number of hydrogen-bond acceptors (Lipinski definition) is 3. The minimum atomic E-state index is -0.524. The first-order valence-electron chi connectivity index (χ1n) is 9.10. The molecule has 1 aliphatic carbocycles. The van der Waals surface area contributed by atoms with Gasteiger partial charge in [0.15, 0.2) is 11.6 Å². The lowest BCUT2D eigenvalue weighted by Gasteiger charge is -2.31. The molecule has 1 aromatic carbocycles. The molecule has 2 amide bonds. The first kappa shape index (κ1) is 17.7. The largest absolute Gasteiger partial charge is 0.491 e. The molecule has 1 saturated carbocycles. The zero-order valence-electron chi connectivity index (χ0n) is 14.7. The van der Waals surface area contributed by atoms with Gasteiger partial charge >= 0.3 is 0 Å². The molecule has 1 aliphatic heterocycles. The van der Waals surface area contributed by atoms with Gasteiger partial charge in [-0.2, -0.15) is 0 Å². The Labute approximate surface area is 147 Å². The van der Waals surface area contributed by atoms with Gasteiger partial charge in [0.05, 0.1) is 6.61 Å². The normalized spacial score (nSPS) is 18.5. The third-order valence-corrected chi connectivity index (χ3v) is 5.03. The molecule has 0 unspecified atom stereocenters. The topological polar surface area (TPSA) is 49.9 Å². The summed E-state index contributed by atoms with van der Waals surface area (Å²) in [7, 11) is 0. The number of benzene rings is 1. The second-order valence-electron chi connectivity index (χ2n) is 6.68. The Hall–Kier alpha value is -2.11. The van der Waals surface area contributed by atoms with E-state index in [2.05, 4.69) is 0 Å². The van der Waals surface area contributed by atoms with E-state index in [1.54, 1.807) is 17.9 Å². The third-order valence-electron chi connectivity index (χ3n) is 5.03. The average molecular weight is 348 g/mol. The van der Waals surface area contributed by atoms with Crippen LogP contribution in [0.25, 0.3) is 0 Å². The first-order valence-corrected chi connectivity index (χ1v) is 9.10. The third kappa shape index (κ3) is 3.94. The number of carbonyl (C=O) groups is 2. The highest BCUT2D eigenvalue weighted by molar-refractivity contribution is 5.94. The van der Waals surface area contributed by atoms with E-state index in [-0.39, 0.29) is 23.5 Å². The summed E-state index contributed by atoms with van der Waals surface area (Å²) in [6.07, 6.45) is 3.87. The lowest BCUT2D eigenvalue weighted by molar-refractivity contribution is -0.138. The predicted molar refractivity (Wildman–Crippen MR) is 92.0 cm³/mol. The summed E-state index contributed by atoms with van der Waals surface area (Å²) in [5.74, 6) is -0.147. The molecule has 0 N–H and O–H groups in total. The highest BCUT2D eigenvalue weighted by Gasteiger charge is 2.31. The fraction of sp³-hybridized carbons (Fsp3) is 0.579. The van der Waals surface area contributed by atoms with Gasteiger partial charge in [-0.15, -0.1) is 0 Å². The Kier molecular flexibility index (Phi) is 5.56. The SMILES string of the molecule is CCOc1ccc(C(=O)N2CCCN(C(=O)C3CCC3)CC2)cc1F. The second kappa shape index (κ2) is 7.85. The lowest BCUT2D eigenvalue weighted by Crippen LogP contribution is -2.41. The Morgan fingerprint density at radius 2 is 1.84 bits per heavy atom. The van der Waals surface area contributed by atoms with Gasteiger partial charge in [0, 0.05) is 37.7 Å². The molecule has 0 radical (unpaired) electrons. The maximum Gasteiger partial charge on any atom is 0.254 e. The molecule has 0 spiro atoms. The maximum atomic E-state index is 14.0. The van der Waals surface area contributed by atoms with Crippen molar-refractivity contribution < 1.29 is 18.7 Å². The van der Waals surface area contributed by atoms with Gasteiger partial charge in [-0.1, -0.05) is 6.42 Å².